The Morgan fingerprint density at radius 2 is 1.60 bits per heavy atom. The average Bonchev–Trinajstić information content (AvgIpc) is 2.62. The summed E-state index contributed by atoms with van der Waals surface area (Å²) in [5.41, 5.74) is 1.86. The molecule has 0 aromatic heterocycles. The highest BCUT2D eigenvalue weighted by Crippen LogP contribution is 2.40. The molecule has 4 atom stereocenters. The summed E-state index contributed by atoms with van der Waals surface area (Å²) >= 11 is 0. The van der Waals surface area contributed by atoms with Crippen molar-refractivity contribution in [3.8, 4) is 0 Å². The van der Waals surface area contributed by atoms with Crippen molar-refractivity contribution < 1.29 is 0 Å². The SMILES string of the molecule is CCCCC(CC)C(CCCC)C1=CC(C(C)CCC(C)C)CCC1. The lowest BCUT2D eigenvalue weighted by Gasteiger charge is -2.34. The Labute approximate surface area is 160 Å². The van der Waals surface area contributed by atoms with Crippen LogP contribution >= 0.6 is 0 Å². The van der Waals surface area contributed by atoms with Gasteiger partial charge < -0.3 is 0 Å². The minimum Gasteiger partial charge on any atom is -0.0817 e. The van der Waals surface area contributed by atoms with Gasteiger partial charge in [0.05, 0.1) is 0 Å². The Balaban J connectivity index is 2.82. The van der Waals surface area contributed by atoms with E-state index in [1.165, 1.54) is 77.0 Å². The van der Waals surface area contributed by atoms with E-state index < -0.39 is 0 Å². The van der Waals surface area contributed by atoms with Gasteiger partial charge in [0.25, 0.3) is 0 Å². The van der Waals surface area contributed by atoms with E-state index >= 15 is 0 Å². The van der Waals surface area contributed by atoms with E-state index in [0.717, 1.165) is 29.6 Å². The number of allylic oxidation sites excluding steroid dienone is 2. The summed E-state index contributed by atoms with van der Waals surface area (Å²) in [6.07, 6.45) is 19.7. The van der Waals surface area contributed by atoms with Crippen LogP contribution in [0.1, 0.15) is 119 Å². The molecule has 0 saturated carbocycles. The maximum atomic E-state index is 2.78. The highest BCUT2D eigenvalue weighted by Gasteiger charge is 2.27. The molecule has 1 aliphatic carbocycles. The molecule has 0 aromatic carbocycles. The van der Waals surface area contributed by atoms with Gasteiger partial charge in [-0.15, -0.1) is 0 Å². The molecule has 0 radical (unpaired) electrons. The van der Waals surface area contributed by atoms with Crippen LogP contribution in [0.15, 0.2) is 11.6 Å². The van der Waals surface area contributed by atoms with Gasteiger partial charge in [-0.3, -0.25) is 0 Å². The Morgan fingerprint density at radius 3 is 2.20 bits per heavy atom. The van der Waals surface area contributed by atoms with Crippen LogP contribution in [0, 0.1) is 29.6 Å². The molecule has 0 saturated heterocycles. The zero-order chi connectivity index (χ0) is 18.7. The van der Waals surface area contributed by atoms with Gasteiger partial charge in [-0.1, -0.05) is 91.7 Å². The highest BCUT2D eigenvalue weighted by atomic mass is 14.3. The van der Waals surface area contributed by atoms with Crippen LogP contribution in [0.4, 0.5) is 0 Å². The van der Waals surface area contributed by atoms with Gasteiger partial charge in [-0.2, -0.15) is 0 Å². The molecule has 25 heavy (non-hydrogen) atoms. The van der Waals surface area contributed by atoms with Crippen LogP contribution in [0.25, 0.3) is 0 Å². The molecule has 4 unspecified atom stereocenters. The Bertz CT molecular complexity index is 351. The second-order valence-corrected chi connectivity index (χ2v) is 9.31. The van der Waals surface area contributed by atoms with Crippen molar-refractivity contribution in [1.82, 2.24) is 0 Å². The largest absolute Gasteiger partial charge is 0.0817 e. The second-order valence-electron chi connectivity index (χ2n) is 9.31. The van der Waals surface area contributed by atoms with Crippen molar-refractivity contribution in [2.24, 2.45) is 29.6 Å². The molecule has 0 aliphatic heterocycles. The maximum absolute atomic E-state index is 2.78. The van der Waals surface area contributed by atoms with Crippen LogP contribution < -0.4 is 0 Å². The molecule has 1 rings (SSSR count). The van der Waals surface area contributed by atoms with Gasteiger partial charge in [-0.05, 0) is 68.1 Å². The van der Waals surface area contributed by atoms with Gasteiger partial charge in [-0.25, -0.2) is 0 Å². The smallest absolute Gasteiger partial charge is 0.0175 e. The molecule has 0 spiro atoms. The van der Waals surface area contributed by atoms with Gasteiger partial charge >= 0.3 is 0 Å². The van der Waals surface area contributed by atoms with Crippen molar-refractivity contribution in [3.63, 3.8) is 0 Å². The molecule has 0 aromatic rings. The lowest BCUT2D eigenvalue weighted by molar-refractivity contribution is 0.282. The highest BCUT2D eigenvalue weighted by molar-refractivity contribution is 5.14. The maximum Gasteiger partial charge on any atom is -0.0175 e. The molecule has 148 valence electrons. The second kappa shape index (κ2) is 13.0. The quantitative estimate of drug-likeness (QED) is 0.292. The molecule has 1 aliphatic rings. The molecule has 0 amide bonds. The summed E-state index contributed by atoms with van der Waals surface area (Å²) in [6, 6.07) is 0. The average molecular weight is 349 g/mol. The van der Waals surface area contributed by atoms with Crippen LogP contribution in [0.2, 0.25) is 0 Å². The van der Waals surface area contributed by atoms with Crippen LogP contribution in [-0.2, 0) is 0 Å². The van der Waals surface area contributed by atoms with Crippen molar-refractivity contribution in [2.45, 2.75) is 119 Å². The fraction of sp³-hybridized carbons (Fsp3) is 0.920. The summed E-state index contributed by atoms with van der Waals surface area (Å²) in [5, 5.41) is 0. The molecular weight excluding hydrogens is 300 g/mol. The fourth-order valence-corrected chi connectivity index (χ4v) is 4.86. The van der Waals surface area contributed by atoms with E-state index in [1.807, 2.05) is 5.57 Å². The van der Waals surface area contributed by atoms with Gasteiger partial charge in [0, 0.05) is 0 Å². The molecule has 0 heteroatoms. The van der Waals surface area contributed by atoms with Crippen LogP contribution in [0.5, 0.6) is 0 Å². The summed E-state index contributed by atoms with van der Waals surface area (Å²) in [6.45, 7) is 14.4. The minimum atomic E-state index is 0.852. The first kappa shape index (κ1) is 22.8. The van der Waals surface area contributed by atoms with Gasteiger partial charge in [0.1, 0.15) is 0 Å². The predicted molar refractivity (Wildman–Crippen MR) is 115 cm³/mol. The van der Waals surface area contributed by atoms with Crippen LogP contribution in [-0.4, -0.2) is 0 Å². The summed E-state index contributed by atoms with van der Waals surface area (Å²) < 4.78 is 0. The first-order chi connectivity index (χ1) is 12.0. The fourth-order valence-electron chi connectivity index (χ4n) is 4.86. The number of hydrogen-bond donors (Lipinski definition) is 0. The molecule has 0 nitrogen and oxygen atoms in total. The minimum absolute atomic E-state index is 0.852. The molecular formula is C25H48. The summed E-state index contributed by atoms with van der Waals surface area (Å²) in [7, 11) is 0. The van der Waals surface area contributed by atoms with E-state index in [9.17, 15) is 0 Å². The lowest BCUT2D eigenvalue weighted by atomic mass is 9.71. The van der Waals surface area contributed by atoms with E-state index in [4.69, 9.17) is 0 Å². The monoisotopic (exact) mass is 348 g/mol. The normalized spacial score (nSPS) is 21.9. The summed E-state index contributed by atoms with van der Waals surface area (Å²) in [4.78, 5) is 0. The molecule has 0 heterocycles. The first-order valence-corrected chi connectivity index (χ1v) is 11.7. The Hall–Kier alpha value is -0.260. The van der Waals surface area contributed by atoms with Crippen LogP contribution in [0.3, 0.4) is 0 Å². The lowest BCUT2D eigenvalue weighted by Crippen LogP contribution is -2.22. The number of rotatable bonds is 13. The zero-order valence-electron chi connectivity index (χ0n) is 18.4. The summed E-state index contributed by atoms with van der Waals surface area (Å²) in [5.74, 6) is 4.40. The zero-order valence-corrected chi connectivity index (χ0v) is 18.4. The molecule has 0 N–H and O–H groups in total. The Morgan fingerprint density at radius 1 is 0.920 bits per heavy atom. The standard InChI is InChI=1S/C25H48/c1-7-10-13-22(9-3)25(16-11-8-2)24-15-12-14-23(19-24)21(6)18-17-20(4)5/h19-23,25H,7-18H2,1-6H3. The third-order valence-corrected chi connectivity index (χ3v) is 6.73. The van der Waals surface area contributed by atoms with Crippen molar-refractivity contribution in [1.29, 1.82) is 0 Å². The van der Waals surface area contributed by atoms with E-state index in [2.05, 4.69) is 47.6 Å². The van der Waals surface area contributed by atoms with E-state index in [0.29, 0.717) is 0 Å². The van der Waals surface area contributed by atoms with Crippen molar-refractivity contribution in [3.05, 3.63) is 11.6 Å². The van der Waals surface area contributed by atoms with Crippen molar-refractivity contribution in [2.75, 3.05) is 0 Å². The first-order valence-electron chi connectivity index (χ1n) is 11.7. The third-order valence-electron chi connectivity index (χ3n) is 6.73. The number of unbranched alkanes of at least 4 members (excludes halogenated alkanes) is 2. The van der Waals surface area contributed by atoms with Gasteiger partial charge in [0.15, 0.2) is 0 Å². The topological polar surface area (TPSA) is 0 Å². The van der Waals surface area contributed by atoms with E-state index in [-0.39, 0.29) is 0 Å². The predicted octanol–water partition coefficient (Wildman–Crippen LogP) is 8.81. The van der Waals surface area contributed by atoms with E-state index in [1.54, 1.807) is 0 Å². The Kier molecular flexibility index (Phi) is 11.8. The van der Waals surface area contributed by atoms with Crippen molar-refractivity contribution >= 4 is 0 Å². The molecule has 0 bridgehead atoms. The van der Waals surface area contributed by atoms with Gasteiger partial charge in [0.2, 0.25) is 0 Å². The third kappa shape index (κ3) is 8.31. The molecule has 0 fully saturated rings. The number of hydrogen-bond acceptors (Lipinski definition) is 0.